The topological polar surface area (TPSA) is 26.0 Å². The molecule has 0 radical (unpaired) electrons. The van der Waals surface area contributed by atoms with Crippen molar-refractivity contribution in [1.82, 2.24) is 0 Å². The van der Waals surface area contributed by atoms with Crippen LogP contribution in [-0.2, 0) is 6.42 Å². The highest BCUT2D eigenvalue weighted by molar-refractivity contribution is 7.99. The molecule has 0 unspecified atom stereocenters. The Balaban J connectivity index is 2.82. The quantitative estimate of drug-likeness (QED) is 0.619. The van der Waals surface area contributed by atoms with Crippen LogP contribution in [-0.4, -0.2) is 6.26 Å². The predicted octanol–water partition coefficient (Wildman–Crippen LogP) is 3.77. The van der Waals surface area contributed by atoms with Crippen molar-refractivity contribution in [2.24, 2.45) is 0 Å². The molecule has 14 heavy (non-hydrogen) atoms. The van der Waals surface area contributed by atoms with E-state index in [9.17, 15) is 0 Å². The third kappa shape index (κ3) is 1.41. The number of nitrogen functional groups attached to an aromatic ring is 1. The van der Waals surface area contributed by atoms with E-state index in [0.29, 0.717) is 0 Å². The first-order valence-electron chi connectivity index (χ1n) is 4.60. The second-order valence-electron chi connectivity index (χ2n) is 3.17. The van der Waals surface area contributed by atoms with Crippen LogP contribution in [0.3, 0.4) is 0 Å². The van der Waals surface area contributed by atoms with Gasteiger partial charge in [0, 0.05) is 15.3 Å². The first-order chi connectivity index (χ1) is 6.77. The van der Waals surface area contributed by atoms with E-state index in [-0.39, 0.29) is 0 Å². The fourth-order valence-electron chi connectivity index (χ4n) is 1.72. The fraction of sp³-hybridized carbons (Fsp3) is 0.273. The molecule has 0 aliphatic rings. The van der Waals surface area contributed by atoms with Gasteiger partial charge < -0.3 is 5.73 Å². The first kappa shape index (κ1) is 9.87. The maximum Gasteiger partial charge on any atom is 0.0482 e. The molecule has 0 aliphatic heterocycles. The number of hydrogen-bond acceptors (Lipinski definition) is 3. The van der Waals surface area contributed by atoms with Gasteiger partial charge in [-0.15, -0.1) is 23.1 Å². The van der Waals surface area contributed by atoms with Gasteiger partial charge in [-0.3, -0.25) is 0 Å². The number of benzene rings is 1. The zero-order chi connectivity index (χ0) is 10.1. The second kappa shape index (κ2) is 3.83. The Kier molecular flexibility index (Phi) is 2.70. The smallest absolute Gasteiger partial charge is 0.0482 e. The molecule has 0 fully saturated rings. The van der Waals surface area contributed by atoms with Crippen molar-refractivity contribution in [1.29, 1.82) is 0 Å². The molecule has 0 amide bonds. The highest BCUT2D eigenvalue weighted by Crippen LogP contribution is 2.37. The van der Waals surface area contributed by atoms with Crippen molar-refractivity contribution >= 4 is 38.9 Å². The summed E-state index contributed by atoms with van der Waals surface area (Å²) in [6.45, 7) is 2.16. The van der Waals surface area contributed by atoms with Crippen LogP contribution in [0, 0.1) is 0 Å². The number of hydrogen-bond donors (Lipinski definition) is 1. The lowest BCUT2D eigenvalue weighted by Crippen LogP contribution is -1.95. The lowest BCUT2D eigenvalue weighted by atomic mass is 10.1. The van der Waals surface area contributed by atoms with E-state index in [1.165, 1.54) is 20.5 Å². The van der Waals surface area contributed by atoms with E-state index >= 15 is 0 Å². The molecule has 2 N–H and O–H groups in total. The van der Waals surface area contributed by atoms with Gasteiger partial charge in [0.1, 0.15) is 0 Å². The van der Waals surface area contributed by atoms with Crippen LogP contribution in [0.1, 0.15) is 12.5 Å². The molecular formula is C11H13NS2. The minimum absolute atomic E-state index is 0.933. The molecule has 1 nitrogen and oxygen atoms in total. The van der Waals surface area contributed by atoms with Crippen LogP contribution in [0.4, 0.5) is 5.69 Å². The van der Waals surface area contributed by atoms with Gasteiger partial charge in [-0.1, -0.05) is 6.92 Å². The summed E-state index contributed by atoms with van der Waals surface area (Å²) in [5.74, 6) is 0. The number of fused-ring (bicyclic) bond motifs is 1. The number of anilines is 1. The van der Waals surface area contributed by atoms with Gasteiger partial charge in [-0.05, 0) is 41.1 Å². The van der Waals surface area contributed by atoms with E-state index < -0.39 is 0 Å². The average molecular weight is 223 g/mol. The van der Waals surface area contributed by atoms with Crippen molar-refractivity contribution in [3.05, 3.63) is 23.1 Å². The number of rotatable bonds is 2. The number of nitrogens with two attached hydrogens (primary N) is 1. The van der Waals surface area contributed by atoms with E-state index in [1.54, 1.807) is 23.1 Å². The van der Waals surface area contributed by atoms with Gasteiger partial charge in [0.15, 0.2) is 0 Å². The monoisotopic (exact) mass is 223 g/mol. The van der Waals surface area contributed by atoms with Gasteiger partial charge in [-0.25, -0.2) is 0 Å². The lowest BCUT2D eigenvalue weighted by Gasteiger charge is -2.09. The van der Waals surface area contributed by atoms with Gasteiger partial charge in [0.25, 0.3) is 0 Å². The van der Waals surface area contributed by atoms with Gasteiger partial charge >= 0.3 is 0 Å². The van der Waals surface area contributed by atoms with E-state index in [2.05, 4.69) is 30.7 Å². The van der Waals surface area contributed by atoms with Crippen LogP contribution in [0.5, 0.6) is 0 Å². The summed E-state index contributed by atoms with van der Waals surface area (Å²) in [5.41, 5.74) is 8.26. The average Bonchev–Trinajstić information content (AvgIpc) is 2.62. The molecule has 3 heteroatoms. The summed E-state index contributed by atoms with van der Waals surface area (Å²) in [7, 11) is 0. The molecule has 0 saturated carbocycles. The summed E-state index contributed by atoms with van der Waals surface area (Å²) in [4.78, 5) is 1.36. The number of thioether (sulfide) groups is 1. The molecule has 0 aliphatic carbocycles. The van der Waals surface area contributed by atoms with Crippen LogP contribution < -0.4 is 5.73 Å². The normalized spacial score (nSPS) is 11.0. The van der Waals surface area contributed by atoms with E-state index in [1.807, 2.05) is 0 Å². The van der Waals surface area contributed by atoms with Crippen molar-refractivity contribution in [2.45, 2.75) is 18.2 Å². The molecular weight excluding hydrogens is 210 g/mol. The third-order valence-corrected chi connectivity index (χ3v) is 4.33. The minimum Gasteiger partial charge on any atom is -0.398 e. The van der Waals surface area contributed by atoms with Crippen LogP contribution >= 0.6 is 23.1 Å². The minimum atomic E-state index is 0.933. The number of thiophene rings is 1. The largest absolute Gasteiger partial charge is 0.398 e. The summed E-state index contributed by atoms with van der Waals surface area (Å²) in [6.07, 6.45) is 3.13. The molecule has 0 saturated heterocycles. The Hall–Kier alpha value is -0.670. The summed E-state index contributed by atoms with van der Waals surface area (Å²) >= 11 is 3.60. The Bertz CT molecular complexity index is 460. The SMILES string of the molecule is CCc1c(N)cc2ccsc2c1SC. The van der Waals surface area contributed by atoms with Gasteiger partial charge in [0.05, 0.1) is 0 Å². The molecule has 74 valence electrons. The molecule has 0 bridgehead atoms. The molecule has 0 atom stereocenters. The van der Waals surface area contributed by atoms with Crippen molar-refractivity contribution in [3.8, 4) is 0 Å². The van der Waals surface area contributed by atoms with Crippen LogP contribution in [0.15, 0.2) is 22.4 Å². The maximum absolute atomic E-state index is 6.02. The Morgan fingerprint density at radius 2 is 2.29 bits per heavy atom. The third-order valence-electron chi connectivity index (χ3n) is 2.39. The molecule has 1 aromatic carbocycles. The van der Waals surface area contributed by atoms with Crippen LogP contribution in [0.2, 0.25) is 0 Å². The van der Waals surface area contributed by atoms with Crippen molar-refractivity contribution in [3.63, 3.8) is 0 Å². The molecule has 2 aromatic rings. The summed E-state index contributed by atoms with van der Waals surface area (Å²) in [5, 5.41) is 3.40. The molecule has 0 spiro atoms. The van der Waals surface area contributed by atoms with E-state index in [0.717, 1.165) is 12.1 Å². The van der Waals surface area contributed by atoms with Gasteiger partial charge in [-0.2, -0.15) is 0 Å². The molecule has 2 rings (SSSR count). The van der Waals surface area contributed by atoms with Crippen molar-refractivity contribution in [2.75, 3.05) is 12.0 Å². The second-order valence-corrected chi connectivity index (χ2v) is 4.90. The zero-order valence-corrected chi connectivity index (χ0v) is 9.97. The van der Waals surface area contributed by atoms with Crippen LogP contribution in [0.25, 0.3) is 10.1 Å². The van der Waals surface area contributed by atoms with Gasteiger partial charge in [0.2, 0.25) is 0 Å². The lowest BCUT2D eigenvalue weighted by molar-refractivity contribution is 1.10. The first-order valence-corrected chi connectivity index (χ1v) is 6.71. The Morgan fingerprint density at radius 3 is 2.93 bits per heavy atom. The molecule has 1 aromatic heterocycles. The standard InChI is InChI=1S/C11H13NS2/c1-3-8-9(12)6-7-4-5-14-10(7)11(8)13-2/h4-6H,3,12H2,1-2H3. The highest BCUT2D eigenvalue weighted by Gasteiger charge is 2.10. The summed E-state index contributed by atoms with van der Waals surface area (Å²) in [6, 6.07) is 4.22. The fourth-order valence-corrected chi connectivity index (χ4v) is 3.77. The molecule has 1 heterocycles. The Morgan fingerprint density at radius 1 is 1.50 bits per heavy atom. The predicted molar refractivity (Wildman–Crippen MR) is 67.4 cm³/mol. The van der Waals surface area contributed by atoms with Crippen molar-refractivity contribution < 1.29 is 0 Å². The maximum atomic E-state index is 6.02. The zero-order valence-electron chi connectivity index (χ0n) is 8.33. The highest BCUT2D eigenvalue weighted by atomic mass is 32.2. The van der Waals surface area contributed by atoms with E-state index in [4.69, 9.17) is 5.73 Å². The Labute approximate surface area is 92.3 Å². The summed E-state index contributed by atoms with van der Waals surface area (Å²) < 4.78 is 1.38.